The molecule has 0 saturated carbocycles. The summed E-state index contributed by atoms with van der Waals surface area (Å²) >= 11 is 0. The molecule has 0 amide bonds. The predicted molar refractivity (Wildman–Crippen MR) is 105 cm³/mol. The van der Waals surface area contributed by atoms with Gasteiger partial charge in [-0.2, -0.15) is 0 Å². The lowest BCUT2D eigenvalue weighted by atomic mass is 9.97. The van der Waals surface area contributed by atoms with Crippen LogP contribution < -0.4 is 5.14 Å². The summed E-state index contributed by atoms with van der Waals surface area (Å²) in [5, 5.41) is 5.07. The quantitative estimate of drug-likeness (QED) is 0.581. The maximum Gasteiger partial charge on any atom is 0.239 e. The minimum atomic E-state index is -4.26. The van der Waals surface area contributed by atoms with Gasteiger partial charge in [0.25, 0.3) is 0 Å². The minimum absolute atomic E-state index is 0.0574. The molecule has 0 bridgehead atoms. The Morgan fingerprint density at radius 2 is 1.64 bits per heavy atom. The van der Waals surface area contributed by atoms with Crippen LogP contribution in [0, 0.1) is 17.3 Å². The van der Waals surface area contributed by atoms with Gasteiger partial charge in [-0.15, -0.1) is 0 Å². The largest absolute Gasteiger partial charge is 0.291 e. The van der Waals surface area contributed by atoms with Crippen molar-refractivity contribution in [2.24, 2.45) is 10.6 Å². The van der Waals surface area contributed by atoms with Crippen molar-refractivity contribution in [2.45, 2.75) is 30.6 Å². The standard InChI is InChI=1S/C19H20N2O5S2/c1-19(2,3)11-10-14-8-9-15(21-12-14)16(22)13-27(23,24)17-6-4-5-7-18(17)28(20,25)26/h4-9,12H,13H2,1-3H3,(H2,20,25,26). The number of benzene rings is 1. The van der Waals surface area contributed by atoms with E-state index in [1.807, 2.05) is 20.8 Å². The van der Waals surface area contributed by atoms with Gasteiger partial charge in [0.05, 0.1) is 4.90 Å². The van der Waals surface area contributed by atoms with E-state index in [-0.39, 0.29) is 11.1 Å². The molecule has 0 aliphatic heterocycles. The molecule has 1 aromatic heterocycles. The lowest BCUT2D eigenvalue weighted by Gasteiger charge is -2.08. The second kappa shape index (κ2) is 7.83. The number of sulfonamides is 1. The number of rotatable bonds is 5. The molecular formula is C19H20N2O5S2. The Kier molecular flexibility index (Phi) is 6.09. The zero-order chi connectivity index (χ0) is 21.2. The van der Waals surface area contributed by atoms with Gasteiger partial charge < -0.3 is 0 Å². The fraction of sp³-hybridized carbons (Fsp3) is 0.263. The van der Waals surface area contributed by atoms with Gasteiger partial charge in [0.15, 0.2) is 15.6 Å². The summed E-state index contributed by atoms with van der Waals surface area (Å²) in [6.45, 7) is 5.86. The molecule has 9 heteroatoms. The molecule has 1 aromatic carbocycles. The molecule has 28 heavy (non-hydrogen) atoms. The molecule has 0 radical (unpaired) electrons. The molecule has 1 heterocycles. The van der Waals surface area contributed by atoms with Gasteiger partial charge in [-0.1, -0.05) is 24.0 Å². The van der Waals surface area contributed by atoms with Crippen LogP contribution in [0.25, 0.3) is 0 Å². The molecule has 0 fully saturated rings. The van der Waals surface area contributed by atoms with Gasteiger partial charge >= 0.3 is 0 Å². The van der Waals surface area contributed by atoms with Crippen molar-refractivity contribution in [3.05, 3.63) is 53.9 Å². The Balaban J connectivity index is 2.29. The van der Waals surface area contributed by atoms with Gasteiger partial charge in [0, 0.05) is 17.2 Å². The Hall–Kier alpha value is -2.54. The number of sulfone groups is 1. The highest BCUT2D eigenvalue weighted by Crippen LogP contribution is 2.21. The molecule has 0 unspecified atom stereocenters. The number of pyridine rings is 1. The Morgan fingerprint density at radius 1 is 1.04 bits per heavy atom. The molecule has 2 aromatic rings. The molecule has 0 aliphatic rings. The third kappa shape index (κ3) is 5.73. The van der Waals surface area contributed by atoms with E-state index in [2.05, 4.69) is 16.8 Å². The summed E-state index contributed by atoms with van der Waals surface area (Å²) in [4.78, 5) is 15.3. The molecule has 0 aliphatic carbocycles. The van der Waals surface area contributed by atoms with Crippen LogP contribution in [0.2, 0.25) is 0 Å². The van der Waals surface area contributed by atoms with Crippen LogP contribution in [-0.2, 0) is 19.9 Å². The molecular weight excluding hydrogens is 400 g/mol. The highest BCUT2D eigenvalue weighted by atomic mass is 32.2. The number of ketones is 1. The zero-order valence-corrected chi connectivity index (χ0v) is 17.3. The summed E-state index contributed by atoms with van der Waals surface area (Å²) in [5.41, 5.74) is 0.339. The van der Waals surface area contributed by atoms with Crippen molar-refractivity contribution < 1.29 is 21.6 Å². The SMILES string of the molecule is CC(C)(C)C#Cc1ccc(C(=O)CS(=O)(=O)c2ccccc2S(N)(=O)=O)nc1. The van der Waals surface area contributed by atoms with E-state index in [1.165, 1.54) is 24.4 Å². The van der Waals surface area contributed by atoms with Crippen LogP contribution >= 0.6 is 0 Å². The summed E-state index contributed by atoms with van der Waals surface area (Å²) in [6.07, 6.45) is 1.39. The molecule has 2 N–H and O–H groups in total. The topological polar surface area (TPSA) is 124 Å². The van der Waals surface area contributed by atoms with Crippen molar-refractivity contribution in [2.75, 3.05) is 5.75 Å². The second-order valence-electron chi connectivity index (χ2n) is 7.11. The Labute approximate surface area is 165 Å². The Bertz CT molecular complexity index is 1170. The number of aromatic nitrogens is 1. The predicted octanol–water partition coefficient (Wildman–Crippen LogP) is 1.78. The maximum atomic E-state index is 12.6. The minimum Gasteiger partial charge on any atom is -0.291 e. The van der Waals surface area contributed by atoms with Crippen LogP contribution in [0.15, 0.2) is 52.4 Å². The highest BCUT2D eigenvalue weighted by Gasteiger charge is 2.27. The van der Waals surface area contributed by atoms with Crippen LogP contribution in [-0.4, -0.2) is 33.4 Å². The number of hydrogen-bond acceptors (Lipinski definition) is 6. The van der Waals surface area contributed by atoms with Crippen molar-refractivity contribution in [1.82, 2.24) is 4.98 Å². The normalized spacial score (nSPS) is 12.1. The Morgan fingerprint density at radius 3 is 2.14 bits per heavy atom. The monoisotopic (exact) mass is 420 g/mol. The van der Waals surface area contributed by atoms with Gasteiger partial charge in [-0.05, 0) is 45.0 Å². The van der Waals surface area contributed by atoms with Crippen LogP contribution in [0.3, 0.4) is 0 Å². The first-order valence-electron chi connectivity index (χ1n) is 8.17. The number of nitrogens with two attached hydrogens (primary N) is 1. The first-order chi connectivity index (χ1) is 12.8. The molecule has 148 valence electrons. The van der Waals surface area contributed by atoms with Crippen molar-refractivity contribution in [1.29, 1.82) is 0 Å². The number of nitrogens with zero attached hydrogens (tertiary/aromatic N) is 1. The molecule has 0 saturated heterocycles. The van der Waals surface area contributed by atoms with E-state index in [9.17, 15) is 21.6 Å². The van der Waals surface area contributed by atoms with Crippen LogP contribution in [0.5, 0.6) is 0 Å². The first kappa shape index (κ1) is 21.8. The average Bonchev–Trinajstić information content (AvgIpc) is 2.58. The zero-order valence-electron chi connectivity index (χ0n) is 15.6. The summed E-state index contributed by atoms with van der Waals surface area (Å²) in [7, 11) is -8.50. The van der Waals surface area contributed by atoms with E-state index >= 15 is 0 Å². The van der Waals surface area contributed by atoms with Gasteiger partial charge in [-0.3, -0.25) is 9.78 Å². The van der Waals surface area contributed by atoms with Gasteiger partial charge in [0.2, 0.25) is 10.0 Å². The summed E-state index contributed by atoms with van der Waals surface area (Å²) in [6, 6.07) is 7.83. The van der Waals surface area contributed by atoms with E-state index < -0.39 is 41.2 Å². The highest BCUT2D eigenvalue weighted by molar-refractivity contribution is 7.94. The number of Topliss-reactive ketones (excluding diaryl/α,β-unsaturated/α-hetero) is 1. The number of hydrogen-bond donors (Lipinski definition) is 1. The van der Waals surface area contributed by atoms with Crippen LogP contribution in [0.1, 0.15) is 36.8 Å². The smallest absolute Gasteiger partial charge is 0.239 e. The van der Waals surface area contributed by atoms with Gasteiger partial charge in [-0.25, -0.2) is 22.0 Å². The van der Waals surface area contributed by atoms with Crippen molar-refractivity contribution >= 4 is 25.6 Å². The molecule has 7 nitrogen and oxygen atoms in total. The van der Waals surface area contributed by atoms with Crippen LogP contribution in [0.4, 0.5) is 0 Å². The molecule has 0 spiro atoms. The summed E-state index contributed by atoms with van der Waals surface area (Å²) < 4.78 is 48.4. The lowest BCUT2D eigenvalue weighted by molar-refractivity contribution is 0.101. The van der Waals surface area contributed by atoms with E-state index in [0.717, 1.165) is 12.1 Å². The number of carbonyl (C=O) groups excluding carboxylic acids is 1. The summed E-state index contributed by atoms with van der Waals surface area (Å²) in [5.74, 6) is 4.26. The van der Waals surface area contributed by atoms with Crippen molar-refractivity contribution in [3.8, 4) is 11.8 Å². The van der Waals surface area contributed by atoms with Crippen molar-refractivity contribution in [3.63, 3.8) is 0 Å². The fourth-order valence-corrected chi connectivity index (χ4v) is 4.81. The van der Waals surface area contributed by atoms with E-state index in [0.29, 0.717) is 5.56 Å². The van der Waals surface area contributed by atoms with E-state index in [4.69, 9.17) is 5.14 Å². The van der Waals surface area contributed by atoms with Gasteiger partial charge in [0.1, 0.15) is 16.3 Å². The third-order valence-corrected chi connectivity index (χ3v) is 6.21. The second-order valence-corrected chi connectivity index (χ2v) is 10.6. The number of carbonyl (C=O) groups is 1. The molecule has 0 atom stereocenters. The molecule has 2 rings (SSSR count). The first-order valence-corrected chi connectivity index (χ1v) is 11.4. The van der Waals surface area contributed by atoms with E-state index in [1.54, 1.807) is 6.07 Å². The average molecular weight is 421 g/mol. The fourth-order valence-electron chi connectivity index (χ4n) is 2.16. The maximum absolute atomic E-state index is 12.6. The third-order valence-electron chi connectivity index (χ3n) is 3.44. The lowest BCUT2D eigenvalue weighted by Crippen LogP contribution is -2.21. The number of primary sulfonamides is 1.